The molecule has 0 unspecified atom stereocenters. The second-order valence-electron chi connectivity index (χ2n) is 4.20. The van der Waals surface area contributed by atoms with Crippen LogP contribution < -0.4 is 10.6 Å². The molecule has 4 heteroatoms. The molecule has 0 bridgehead atoms. The normalized spacial score (nSPS) is 11.2. The summed E-state index contributed by atoms with van der Waals surface area (Å²) in [5.74, 6) is 2.90. The Hall–Kier alpha value is -1.42. The van der Waals surface area contributed by atoms with Crippen LogP contribution >= 0.6 is 11.8 Å². The van der Waals surface area contributed by atoms with Gasteiger partial charge in [-0.3, -0.25) is 4.99 Å². The molecular weight excluding hydrogens is 254 g/mol. The number of hydrogen-bond donors (Lipinski definition) is 2. The Morgan fingerprint density at radius 2 is 2.05 bits per heavy atom. The molecule has 0 fully saturated rings. The summed E-state index contributed by atoms with van der Waals surface area (Å²) in [5.41, 5.74) is 2.54. The van der Waals surface area contributed by atoms with Crippen LogP contribution in [0.4, 0.5) is 0 Å². The Kier molecular flexibility index (Phi) is 7.82. The molecule has 0 aliphatic heterocycles. The summed E-state index contributed by atoms with van der Waals surface area (Å²) in [6.07, 6.45) is 1.93. The van der Waals surface area contributed by atoms with Gasteiger partial charge in [0.15, 0.2) is 5.96 Å². The SMILES string of the molecule is C=CCSCCNC(=NC)NCc1ccc(C)cc1. The number of benzene rings is 1. The Bertz CT molecular complexity index is 398. The summed E-state index contributed by atoms with van der Waals surface area (Å²) < 4.78 is 0. The van der Waals surface area contributed by atoms with Crippen molar-refractivity contribution in [3.05, 3.63) is 48.0 Å². The van der Waals surface area contributed by atoms with Crippen molar-refractivity contribution in [2.24, 2.45) is 4.99 Å². The van der Waals surface area contributed by atoms with Gasteiger partial charge in [0.05, 0.1) is 0 Å². The van der Waals surface area contributed by atoms with Crippen LogP contribution in [0.1, 0.15) is 11.1 Å². The second-order valence-corrected chi connectivity index (χ2v) is 5.35. The highest BCUT2D eigenvalue weighted by molar-refractivity contribution is 7.99. The molecule has 104 valence electrons. The van der Waals surface area contributed by atoms with Crippen LogP contribution in [0.3, 0.4) is 0 Å². The molecule has 0 radical (unpaired) electrons. The van der Waals surface area contributed by atoms with E-state index in [1.54, 1.807) is 7.05 Å². The third kappa shape index (κ3) is 6.91. The lowest BCUT2D eigenvalue weighted by Crippen LogP contribution is -2.37. The highest BCUT2D eigenvalue weighted by Gasteiger charge is 1.97. The molecule has 0 atom stereocenters. The lowest BCUT2D eigenvalue weighted by molar-refractivity contribution is 0.832. The topological polar surface area (TPSA) is 36.4 Å². The van der Waals surface area contributed by atoms with Crippen LogP contribution in [0, 0.1) is 6.92 Å². The zero-order valence-corrected chi connectivity index (χ0v) is 12.6. The first-order valence-corrected chi connectivity index (χ1v) is 7.60. The Balaban J connectivity index is 2.25. The molecule has 0 amide bonds. The summed E-state index contributed by atoms with van der Waals surface area (Å²) in [5, 5.41) is 6.60. The van der Waals surface area contributed by atoms with E-state index >= 15 is 0 Å². The maximum atomic E-state index is 4.20. The van der Waals surface area contributed by atoms with Crippen LogP contribution in [0.5, 0.6) is 0 Å². The number of aliphatic imine (C=N–C) groups is 1. The number of nitrogens with zero attached hydrogens (tertiary/aromatic N) is 1. The fourth-order valence-corrected chi connectivity index (χ4v) is 2.10. The van der Waals surface area contributed by atoms with E-state index in [1.807, 2.05) is 17.8 Å². The first kappa shape index (κ1) is 15.6. The Morgan fingerprint density at radius 1 is 1.32 bits per heavy atom. The van der Waals surface area contributed by atoms with Gasteiger partial charge in [0.1, 0.15) is 0 Å². The van der Waals surface area contributed by atoms with Crippen molar-refractivity contribution >= 4 is 17.7 Å². The molecule has 1 aromatic carbocycles. The van der Waals surface area contributed by atoms with Gasteiger partial charge in [-0.1, -0.05) is 35.9 Å². The molecule has 0 spiro atoms. The molecule has 1 aromatic rings. The summed E-state index contributed by atoms with van der Waals surface area (Å²) >= 11 is 1.86. The fraction of sp³-hybridized carbons (Fsp3) is 0.400. The number of thioether (sulfide) groups is 1. The number of nitrogens with one attached hydrogen (secondary N) is 2. The monoisotopic (exact) mass is 277 g/mol. The van der Waals surface area contributed by atoms with Gasteiger partial charge < -0.3 is 10.6 Å². The third-order valence-corrected chi connectivity index (χ3v) is 3.54. The van der Waals surface area contributed by atoms with E-state index in [1.165, 1.54) is 11.1 Å². The smallest absolute Gasteiger partial charge is 0.191 e. The van der Waals surface area contributed by atoms with E-state index in [4.69, 9.17) is 0 Å². The van der Waals surface area contributed by atoms with Crippen molar-refractivity contribution in [3.8, 4) is 0 Å². The van der Waals surface area contributed by atoms with Crippen LogP contribution in [0.25, 0.3) is 0 Å². The second kappa shape index (κ2) is 9.50. The van der Waals surface area contributed by atoms with Crippen molar-refractivity contribution < 1.29 is 0 Å². The van der Waals surface area contributed by atoms with E-state index in [-0.39, 0.29) is 0 Å². The molecule has 19 heavy (non-hydrogen) atoms. The predicted molar refractivity (Wildman–Crippen MR) is 86.9 cm³/mol. The molecule has 0 aromatic heterocycles. The number of hydrogen-bond acceptors (Lipinski definition) is 2. The lowest BCUT2D eigenvalue weighted by atomic mass is 10.1. The van der Waals surface area contributed by atoms with Gasteiger partial charge >= 0.3 is 0 Å². The van der Waals surface area contributed by atoms with Crippen LogP contribution in [-0.2, 0) is 6.54 Å². The molecule has 0 aliphatic rings. The van der Waals surface area contributed by atoms with Crippen molar-refractivity contribution in [1.29, 1.82) is 0 Å². The first-order valence-electron chi connectivity index (χ1n) is 6.45. The average Bonchev–Trinajstić information content (AvgIpc) is 2.44. The zero-order valence-electron chi connectivity index (χ0n) is 11.8. The fourth-order valence-electron chi connectivity index (χ4n) is 1.52. The summed E-state index contributed by atoms with van der Waals surface area (Å²) in [7, 11) is 1.79. The van der Waals surface area contributed by atoms with Gasteiger partial charge in [0, 0.05) is 31.6 Å². The molecular formula is C15H23N3S. The molecule has 0 saturated carbocycles. The largest absolute Gasteiger partial charge is 0.356 e. The number of aryl methyl sites for hydroxylation is 1. The van der Waals surface area contributed by atoms with Crippen molar-refractivity contribution in [1.82, 2.24) is 10.6 Å². The maximum absolute atomic E-state index is 4.20. The summed E-state index contributed by atoms with van der Waals surface area (Å²) in [6.45, 7) is 7.50. The first-order chi connectivity index (χ1) is 9.26. The van der Waals surface area contributed by atoms with E-state index in [0.29, 0.717) is 0 Å². The van der Waals surface area contributed by atoms with E-state index in [0.717, 1.165) is 30.6 Å². The molecule has 0 heterocycles. The molecule has 1 rings (SSSR count). The molecule has 0 saturated heterocycles. The number of rotatable bonds is 7. The minimum Gasteiger partial charge on any atom is -0.356 e. The van der Waals surface area contributed by atoms with Gasteiger partial charge in [-0.25, -0.2) is 0 Å². The van der Waals surface area contributed by atoms with E-state index < -0.39 is 0 Å². The molecule has 2 N–H and O–H groups in total. The summed E-state index contributed by atoms with van der Waals surface area (Å²) in [4.78, 5) is 4.20. The minimum absolute atomic E-state index is 0.791. The predicted octanol–water partition coefficient (Wildman–Crippen LogP) is 2.58. The highest BCUT2D eigenvalue weighted by atomic mass is 32.2. The van der Waals surface area contributed by atoms with Gasteiger partial charge in [-0.05, 0) is 12.5 Å². The van der Waals surface area contributed by atoms with Crippen molar-refractivity contribution in [2.45, 2.75) is 13.5 Å². The highest BCUT2D eigenvalue weighted by Crippen LogP contribution is 2.02. The standard InChI is InChI=1S/C15H23N3S/c1-4-10-19-11-9-17-15(16-3)18-12-14-7-5-13(2)6-8-14/h4-8H,1,9-12H2,2-3H3,(H2,16,17,18). The van der Waals surface area contributed by atoms with Gasteiger partial charge in [-0.2, -0.15) is 11.8 Å². The van der Waals surface area contributed by atoms with E-state index in [9.17, 15) is 0 Å². The van der Waals surface area contributed by atoms with E-state index in [2.05, 4.69) is 53.4 Å². The van der Waals surface area contributed by atoms with Crippen LogP contribution in [-0.4, -0.2) is 31.1 Å². The summed E-state index contributed by atoms with van der Waals surface area (Å²) in [6, 6.07) is 8.52. The zero-order chi connectivity index (χ0) is 13.9. The van der Waals surface area contributed by atoms with Crippen molar-refractivity contribution in [2.75, 3.05) is 25.1 Å². The Labute approximate surface area is 120 Å². The minimum atomic E-state index is 0.791. The Morgan fingerprint density at radius 3 is 2.68 bits per heavy atom. The van der Waals surface area contributed by atoms with Gasteiger partial charge in [-0.15, -0.1) is 6.58 Å². The molecule has 0 aliphatic carbocycles. The third-order valence-electron chi connectivity index (χ3n) is 2.58. The number of guanidine groups is 1. The van der Waals surface area contributed by atoms with Crippen LogP contribution in [0.2, 0.25) is 0 Å². The molecule has 3 nitrogen and oxygen atoms in total. The van der Waals surface area contributed by atoms with Crippen molar-refractivity contribution in [3.63, 3.8) is 0 Å². The maximum Gasteiger partial charge on any atom is 0.191 e. The van der Waals surface area contributed by atoms with Gasteiger partial charge in [0.2, 0.25) is 0 Å². The average molecular weight is 277 g/mol. The van der Waals surface area contributed by atoms with Gasteiger partial charge in [0.25, 0.3) is 0 Å². The lowest BCUT2D eigenvalue weighted by Gasteiger charge is -2.11. The van der Waals surface area contributed by atoms with Crippen LogP contribution in [0.15, 0.2) is 41.9 Å². The quantitative estimate of drug-likeness (QED) is 0.348.